The number of ether oxygens (including phenoxy) is 2. The Hall–Kier alpha value is -2.68. The number of amides is 1. The molecule has 1 atom stereocenters. The molecule has 8 heteroatoms. The van der Waals surface area contributed by atoms with E-state index in [-0.39, 0.29) is 17.1 Å². The van der Waals surface area contributed by atoms with Crippen molar-refractivity contribution in [2.75, 3.05) is 46.0 Å². The Kier molecular flexibility index (Phi) is 7.74. The lowest BCUT2D eigenvalue weighted by Gasteiger charge is -2.29. The third-order valence-corrected chi connectivity index (χ3v) is 7.36. The smallest absolute Gasteiger partial charge is 0.290 e. The molecule has 1 amide bonds. The minimum atomic E-state index is -0.499. The SMILES string of the molecule is CCCCOc1ccc([C@@H]2c3c(oc4ccc(Br)cc4c3=O)C(=O)N2CCCN2CCOCC2)cc1. The first-order chi connectivity index (χ1) is 17.6. The first kappa shape index (κ1) is 25.0. The Morgan fingerprint density at radius 2 is 1.81 bits per heavy atom. The molecular weight excluding hydrogens is 524 g/mol. The van der Waals surface area contributed by atoms with E-state index < -0.39 is 6.04 Å². The number of fused-ring (bicyclic) bond motifs is 2. The summed E-state index contributed by atoms with van der Waals surface area (Å²) in [5.41, 5.74) is 1.54. The third kappa shape index (κ3) is 5.08. The maximum absolute atomic E-state index is 13.7. The molecule has 0 radical (unpaired) electrons. The average molecular weight is 555 g/mol. The molecule has 190 valence electrons. The molecule has 1 aromatic heterocycles. The Morgan fingerprint density at radius 3 is 2.56 bits per heavy atom. The molecule has 3 heterocycles. The standard InChI is InChI=1S/C28H31BrN2O5/c1-2-3-15-35-21-8-5-19(6-9-21)25-24-26(32)22-18-20(29)7-10-23(22)36-27(24)28(33)31(25)12-4-11-30-13-16-34-17-14-30/h5-10,18,25H,2-4,11-17H2,1H3/t25-/m1/s1. The number of morpholine rings is 1. The van der Waals surface area contributed by atoms with Crippen LogP contribution in [0.25, 0.3) is 11.0 Å². The van der Waals surface area contributed by atoms with Crippen molar-refractivity contribution in [1.82, 2.24) is 9.80 Å². The zero-order chi connectivity index (χ0) is 25.1. The predicted octanol–water partition coefficient (Wildman–Crippen LogP) is 5.00. The predicted molar refractivity (Wildman–Crippen MR) is 142 cm³/mol. The van der Waals surface area contributed by atoms with Gasteiger partial charge in [0.15, 0.2) is 5.43 Å². The summed E-state index contributed by atoms with van der Waals surface area (Å²) in [4.78, 5) is 31.4. The van der Waals surface area contributed by atoms with Gasteiger partial charge in [0.05, 0.1) is 36.8 Å². The van der Waals surface area contributed by atoms with Crippen molar-refractivity contribution >= 4 is 32.8 Å². The summed E-state index contributed by atoms with van der Waals surface area (Å²) in [6.45, 7) is 7.47. The lowest BCUT2D eigenvalue weighted by Crippen LogP contribution is -2.38. The summed E-state index contributed by atoms with van der Waals surface area (Å²) < 4.78 is 18.1. The highest BCUT2D eigenvalue weighted by Gasteiger charge is 2.42. The van der Waals surface area contributed by atoms with E-state index in [0.717, 1.165) is 67.9 Å². The molecule has 0 unspecified atom stereocenters. The second kappa shape index (κ2) is 11.2. The van der Waals surface area contributed by atoms with E-state index in [1.54, 1.807) is 17.0 Å². The number of halogens is 1. The number of carbonyl (C=O) groups excluding carboxylic acids is 1. The molecule has 5 rings (SSSR count). The summed E-state index contributed by atoms with van der Waals surface area (Å²) >= 11 is 3.45. The van der Waals surface area contributed by atoms with Gasteiger partial charge in [0, 0.05) is 30.7 Å². The molecule has 3 aromatic rings. The van der Waals surface area contributed by atoms with Crippen LogP contribution in [-0.4, -0.2) is 61.7 Å². The lowest BCUT2D eigenvalue weighted by atomic mass is 9.98. The zero-order valence-electron chi connectivity index (χ0n) is 20.5. The van der Waals surface area contributed by atoms with Gasteiger partial charge in [-0.1, -0.05) is 41.4 Å². The summed E-state index contributed by atoms with van der Waals surface area (Å²) in [7, 11) is 0. The van der Waals surface area contributed by atoms with Crippen molar-refractivity contribution in [3.63, 3.8) is 0 Å². The van der Waals surface area contributed by atoms with Gasteiger partial charge in [-0.3, -0.25) is 14.5 Å². The van der Waals surface area contributed by atoms with Crippen LogP contribution in [0.5, 0.6) is 5.75 Å². The van der Waals surface area contributed by atoms with Crippen LogP contribution in [0.15, 0.2) is 56.1 Å². The number of benzene rings is 2. The second-order valence-corrected chi connectivity index (χ2v) is 10.2. The molecule has 2 aromatic carbocycles. The van der Waals surface area contributed by atoms with E-state index in [2.05, 4.69) is 27.8 Å². The Bertz CT molecular complexity index is 1280. The maximum Gasteiger partial charge on any atom is 0.290 e. The largest absolute Gasteiger partial charge is 0.494 e. The topological polar surface area (TPSA) is 72.2 Å². The fourth-order valence-corrected chi connectivity index (χ4v) is 5.30. The molecule has 0 saturated carbocycles. The number of hydrogen-bond donors (Lipinski definition) is 0. The third-order valence-electron chi connectivity index (χ3n) is 6.87. The minimum Gasteiger partial charge on any atom is -0.494 e. The van der Waals surface area contributed by atoms with Crippen molar-refractivity contribution < 1.29 is 18.7 Å². The molecule has 1 saturated heterocycles. The molecule has 2 aliphatic rings. The first-order valence-electron chi connectivity index (χ1n) is 12.7. The summed E-state index contributed by atoms with van der Waals surface area (Å²) in [5.74, 6) is 0.696. The van der Waals surface area contributed by atoms with E-state index in [1.807, 2.05) is 30.3 Å². The highest BCUT2D eigenvalue weighted by molar-refractivity contribution is 9.10. The van der Waals surface area contributed by atoms with Gasteiger partial charge in [0.25, 0.3) is 5.91 Å². The molecule has 2 aliphatic heterocycles. The van der Waals surface area contributed by atoms with Crippen LogP contribution >= 0.6 is 15.9 Å². The summed E-state index contributed by atoms with van der Waals surface area (Å²) in [6, 6.07) is 12.5. The molecule has 0 spiro atoms. The van der Waals surface area contributed by atoms with Gasteiger partial charge in [-0.15, -0.1) is 0 Å². The van der Waals surface area contributed by atoms with Crippen LogP contribution < -0.4 is 10.2 Å². The molecular formula is C28H31BrN2O5. The highest BCUT2D eigenvalue weighted by Crippen LogP contribution is 2.39. The Balaban J connectivity index is 1.48. The zero-order valence-corrected chi connectivity index (χ0v) is 22.1. The van der Waals surface area contributed by atoms with Crippen LogP contribution in [0, 0.1) is 0 Å². The number of rotatable bonds is 9. The lowest BCUT2D eigenvalue weighted by molar-refractivity contribution is 0.0353. The van der Waals surface area contributed by atoms with Crippen molar-refractivity contribution in [2.24, 2.45) is 0 Å². The van der Waals surface area contributed by atoms with Crippen molar-refractivity contribution in [3.8, 4) is 5.75 Å². The van der Waals surface area contributed by atoms with E-state index in [4.69, 9.17) is 13.9 Å². The molecule has 36 heavy (non-hydrogen) atoms. The van der Waals surface area contributed by atoms with Crippen molar-refractivity contribution in [2.45, 2.75) is 32.2 Å². The van der Waals surface area contributed by atoms with Gasteiger partial charge in [0.1, 0.15) is 11.3 Å². The highest BCUT2D eigenvalue weighted by atomic mass is 79.9. The summed E-state index contributed by atoms with van der Waals surface area (Å²) in [6.07, 6.45) is 2.86. The molecule has 1 fully saturated rings. The molecule has 0 N–H and O–H groups in total. The Labute approximate surface area is 219 Å². The van der Waals surface area contributed by atoms with Gasteiger partial charge in [0.2, 0.25) is 5.76 Å². The normalized spacial score (nSPS) is 18.1. The van der Waals surface area contributed by atoms with Crippen LogP contribution in [0.3, 0.4) is 0 Å². The van der Waals surface area contributed by atoms with Crippen LogP contribution in [-0.2, 0) is 4.74 Å². The van der Waals surface area contributed by atoms with Crippen molar-refractivity contribution in [3.05, 3.63) is 74.0 Å². The molecule has 0 bridgehead atoms. The van der Waals surface area contributed by atoms with Gasteiger partial charge >= 0.3 is 0 Å². The summed E-state index contributed by atoms with van der Waals surface area (Å²) in [5, 5.41) is 0.468. The monoisotopic (exact) mass is 554 g/mol. The van der Waals surface area contributed by atoms with Crippen molar-refractivity contribution in [1.29, 1.82) is 0 Å². The van der Waals surface area contributed by atoms with Crippen LogP contribution in [0.4, 0.5) is 0 Å². The van der Waals surface area contributed by atoms with Gasteiger partial charge in [-0.05, 0) is 48.7 Å². The van der Waals surface area contributed by atoms with E-state index in [0.29, 0.717) is 29.7 Å². The van der Waals surface area contributed by atoms with E-state index in [9.17, 15) is 9.59 Å². The van der Waals surface area contributed by atoms with E-state index >= 15 is 0 Å². The molecule has 0 aliphatic carbocycles. The van der Waals surface area contributed by atoms with Gasteiger partial charge in [-0.2, -0.15) is 0 Å². The number of hydrogen-bond acceptors (Lipinski definition) is 6. The fraction of sp³-hybridized carbons (Fsp3) is 0.429. The van der Waals surface area contributed by atoms with Gasteiger partial charge < -0.3 is 18.8 Å². The van der Waals surface area contributed by atoms with Crippen LogP contribution in [0.2, 0.25) is 0 Å². The van der Waals surface area contributed by atoms with Crippen LogP contribution in [0.1, 0.15) is 53.9 Å². The number of unbranched alkanes of at least 4 members (excludes halogenated alkanes) is 1. The quantitative estimate of drug-likeness (QED) is 0.346. The Morgan fingerprint density at radius 1 is 1.03 bits per heavy atom. The van der Waals surface area contributed by atoms with Gasteiger partial charge in [-0.25, -0.2) is 0 Å². The van der Waals surface area contributed by atoms with E-state index in [1.165, 1.54) is 0 Å². The maximum atomic E-state index is 13.7. The second-order valence-electron chi connectivity index (χ2n) is 9.29. The number of nitrogens with zero attached hydrogens (tertiary/aromatic N) is 2. The number of carbonyl (C=O) groups is 1. The average Bonchev–Trinajstić information content (AvgIpc) is 3.17. The minimum absolute atomic E-state index is 0.148. The fourth-order valence-electron chi connectivity index (χ4n) is 4.94. The molecule has 7 nitrogen and oxygen atoms in total. The first-order valence-corrected chi connectivity index (χ1v) is 13.5.